The number of phenols is 1. The van der Waals surface area contributed by atoms with Crippen LogP contribution in [0.25, 0.3) is 0 Å². The largest absolute Gasteiger partial charge is 0.507 e. The molecule has 0 bridgehead atoms. The van der Waals surface area contributed by atoms with Gasteiger partial charge in [-0.25, -0.2) is 0 Å². The molecule has 0 spiro atoms. The molecule has 0 heterocycles. The lowest BCUT2D eigenvalue weighted by molar-refractivity contribution is -0.385. The predicted molar refractivity (Wildman–Crippen MR) is 54.5 cm³/mol. The van der Waals surface area contributed by atoms with Crippen LogP contribution in [0.2, 0.25) is 0 Å². The molecule has 0 saturated heterocycles. The van der Waals surface area contributed by atoms with Gasteiger partial charge in [-0.3, -0.25) is 14.9 Å². The van der Waals surface area contributed by atoms with Crippen LogP contribution in [0.3, 0.4) is 0 Å². The molecular formula is C9H5ClN2O4. The fourth-order valence-corrected chi connectivity index (χ4v) is 1.26. The Hall–Kier alpha value is -2.13. The molecule has 0 amide bonds. The van der Waals surface area contributed by atoms with Gasteiger partial charge in [-0.05, 0) is 6.07 Å². The van der Waals surface area contributed by atoms with E-state index >= 15 is 0 Å². The molecule has 0 aromatic heterocycles. The van der Waals surface area contributed by atoms with Crippen LogP contribution in [-0.4, -0.2) is 21.7 Å². The number of halogens is 1. The number of ketones is 1. The zero-order chi connectivity index (χ0) is 12.3. The summed E-state index contributed by atoms with van der Waals surface area (Å²) in [4.78, 5) is 20.9. The number of Topliss-reactive ketones (excluding diaryl/α,β-unsaturated/α-hetero) is 1. The molecule has 6 nitrogen and oxygen atoms in total. The first-order valence-corrected chi connectivity index (χ1v) is 4.55. The number of rotatable bonds is 3. The van der Waals surface area contributed by atoms with Crippen molar-refractivity contribution in [3.8, 4) is 11.8 Å². The lowest BCUT2D eigenvalue weighted by atomic mass is 10.1. The zero-order valence-electron chi connectivity index (χ0n) is 7.81. The minimum Gasteiger partial charge on any atom is -0.507 e. The highest BCUT2D eigenvalue weighted by Crippen LogP contribution is 2.28. The molecule has 0 fully saturated rings. The highest BCUT2D eigenvalue weighted by Gasteiger charge is 2.20. The molecule has 0 aliphatic carbocycles. The second-order valence-electron chi connectivity index (χ2n) is 2.81. The minimum absolute atomic E-state index is 0.197. The fraction of sp³-hybridized carbons (Fsp3) is 0.111. The van der Waals surface area contributed by atoms with Crippen molar-refractivity contribution in [1.29, 1.82) is 5.26 Å². The van der Waals surface area contributed by atoms with Crippen molar-refractivity contribution in [1.82, 2.24) is 0 Å². The van der Waals surface area contributed by atoms with Gasteiger partial charge < -0.3 is 5.11 Å². The number of aromatic hydroxyl groups is 1. The third-order valence-electron chi connectivity index (χ3n) is 1.85. The van der Waals surface area contributed by atoms with E-state index < -0.39 is 22.1 Å². The van der Waals surface area contributed by atoms with Gasteiger partial charge in [0, 0.05) is 0 Å². The van der Waals surface area contributed by atoms with Gasteiger partial charge in [0.25, 0.3) is 5.69 Å². The molecule has 7 heteroatoms. The highest BCUT2D eigenvalue weighted by molar-refractivity contribution is 6.30. The summed E-state index contributed by atoms with van der Waals surface area (Å²) >= 11 is 5.28. The van der Waals surface area contributed by atoms with E-state index in [1.54, 1.807) is 6.07 Å². The first kappa shape index (κ1) is 11.9. The third kappa shape index (κ3) is 2.10. The normalized spacial score (nSPS) is 9.50. The van der Waals surface area contributed by atoms with E-state index in [2.05, 4.69) is 0 Å². The van der Waals surface area contributed by atoms with Gasteiger partial charge in [-0.2, -0.15) is 5.26 Å². The monoisotopic (exact) mass is 240 g/mol. The molecule has 16 heavy (non-hydrogen) atoms. The van der Waals surface area contributed by atoms with Gasteiger partial charge in [0.05, 0.1) is 22.4 Å². The Labute approximate surface area is 94.8 Å². The van der Waals surface area contributed by atoms with Gasteiger partial charge in [-0.1, -0.05) is 0 Å². The quantitative estimate of drug-likeness (QED) is 0.374. The van der Waals surface area contributed by atoms with E-state index in [0.29, 0.717) is 0 Å². The van der Waals surface area contributed by atoms with Crippen LogP contribution in [0.5, 0.6) is 5.75 Å². The summed E-state index contributed by atoms with van der Waals surface area (Å²) in [7, 11) is 0. The molecule has 0 unspecified atom stereocenters. The van der Waals surface area contributed by atoms with Crippen LogP contribution in [0.1, 0.15) is 15.9 Å². The number of nitro benzene ring substituents is 1. The summed E-state index contributed by atoms with van der Waals surface area (Å²) in [6, 6.07) is 3.29. The second kappa shape index (κ2) is 4.59. The van der Waals surface area contributed by atoms with Crippen LogP contribution >= 0.6 is 11.6 Å². The van der Waals surface area contributed by atoms with Crippen molar-refractivity contribution >= 4 is 23.1 Å². The number of benzene rings is 1. The number of nitriles is 1. The lowest BCUT2D eigenvalue weighted by Gasteiger charge is -2.02. The Balaban J connectivity index is 3.44. The van der Waals surface area contributed by atoms with Crippen LogP contribution in [-0.2, 0) is 0 Å². The van der Waals surface area contributed by atoms with E-state index in [1.165, 1.54) is 0 Å². The molecule has 0 saturated carbocycles. The number of alkyl halides is 1. The number of carbonyl (C=O) groups excluding carboxylic acids is 1. The maximum atomic E-state index is 11.2. The molecule has 1 aromatic rings. The average molecular weight is 241 g/mol. The Morgan fingerprint density at radius 3 is 2.69 bits per heavy atom. The molecule has 0 aliphatic heterocycles. The predicted octanol–water partition coefficient (Wildman–Crippen LogP) is 1.59. The van der Waals surface area contributed by atoms with E-state index in [-0.39, 0.29) is 17.0 Å². The molecular weight excluding hydrogens is 236 g/mol. The van der Waals surface area contributed by atoms with E-state index in [4.69, 9.17) is 16.9 Å². The van der Waals surface area contributed by atoms with Crippen molar-refractivity contribution in [3.63, 3.8) is 0 Å². The number of carbonyl (C=O) groups is 1. The van der Waals surface area contributed by atoms with Crippen molar-refractivity contribution in [2.24, 2.45) is 0 Å². The van der Waals surface area contributed by atoms with Crippen LogP contribution < -0.4 is 0 Å². The summed E-state index contributed by atoms with van der Waals surface area (Å²) in [5.41, 5.74) is -1.04. The van der Waals surface area contributed by atoms with Crippen LogP contribution in [0.4, 0.5) is 5.69 Å². The van der Waals surface area contributed by atoms with Crippen molar-refractivity contribution < 1.29 is 14.8 Å². The molecule has 0 aliphatic rings. The molecule has 1 aromatic carbocycles. The fourth-order valence-electron chi connectivity index (χ4n) is 1.11. The van der Waals surface area contributed by atoms with Crippen molar-refractivity contribution in [3.05, 3.63) is 33.4 Å². The summed E-state index contributed by atoms with van der Waals surface area (Å²) in [5.74, 6) is -1.54. The van der Waals surface area contributed by atoms with Gasteiger partial charge >= 0.3 is 0 Å². The van der Waals surface area contributed by atoms with E-state index in [1.807, 2.05) is 0 Å². The maximum absolute atomic E-state index is 11.2. The first-order chi connectivity index (χ1) is 7.51. The van der Waals surface area contributed by atoms with Gasteiger partial charge in [0.2, 0.25) is 0 Å². The number of nitrogens with zero attached hydrogens (tertiary/aromatic N) is 2. The number of hydrogen-bond donors (Lipinski definition) is 1. The standard InChI is InChI=1S/C9H5ClN2O4/c10-3-9(14)6-1-5(4-11)7(12(15)16)2-8(6)13/h1-2,13H,3H2. The molecule has 0 radical (unpaired) electrons. The summed E-state index contributed by atoms with van der Waals surface area (Å²) in [5, 5.41) is 28.5. The smallest absolute Gasteiger partial charge is 0.290 e. The van der Waals surface area contributed by atoms with Gasteiger partial charge in [-0.15, -0.1) is 11.6 Å². The number of hydrogen-bond acceptors (Lipinski definition) is 5. The van der Waals surface area contributed by atoms with Crippen molar-refractivity contribution in [2.75, 3.05) is 5.88 Å². The molecule has 82 valence electrons. The third-order valence-corrected chi connectivity index (χ3v) is 2.10. The Bertz CT molecular complexity index is 507. The van der Waals surface area contributed by atoms with Crippen molar-refractivity contribution in [2.45, 2.75) is 0 Å². The zero-order valence-corrected chi connectivity index (χ0v) is 8.56. The maximum Gasteiger partial charge on any atom is 0.290 e. The molecule has 1 rings (SSSR count). The highest BCUT2D eigenvalue weighted by atomic mass is 35.5. The number of nitro groups is 1. The summed E-state index contributed by atoms with van der Waals surface area (Å²) in [6.07, 6.45) is 0. The van der Waals surface area contributed by atoms with Gasteiger partial charge in [0.15, 0.2) is 5.78 Å². The van der Waals surface area contributed by atoms with Gasteiger partial charge in [0.1, 0.15) is 17.4 Å². The second-order valence-corrected chi connectivity index (χ2v) is 3.08. The summed E-state index contributed by atoms with van der Waals surface area (Å²) in [6.45, 7) is 0. The topological polar surface area (TPSA) is 104 Å². The summed E-state index contributed by atoms with van der Waals surface area (Å²) < 4.78 is 0. The van der Waals surface area contributed by atoms with E-state index in [0.717, 1.165) is 12.1 Å². The minimum atomic E-state index is -0.812. The molecule has 1 N–H and O–H groups in total. The Morgan fingerprint density at radius 2 is 2.25 bits per heavy atom. The Morgan fingerprint density at radius 1 is 1.62 bits per heavy atom. The Kier molecular flexibility index (Phi) is 3.43. The first-order valence-electron chi connectivity index (χ1n) is 4.02. The SMILES string of the molecule is N#Cc1cc(C(=O)CCl)c(O)cc1[N+](=O)[O-]. The lowest BCUT2D eigenvalue weighted by Crippen LogP contribution is -2.03. The number of phenolic OH excluding ortho intramolecular Hbond substituents is 1. The average Bonchev–Trinajstić information content (AvgIpc) is 2.27. The van der Waals surface area contributed by atoms with Crippen LogP contribution in [0.15, 0.2) is 12.1 Å². The van der Waals surface area contributed by atoms with E-state index in [9.17, 15) is 20.0 Å². The molecule has 0 atom stereocenters. The van der Waals surface area contributed by atoms with Crippen LogP contribution in [0, 0.1) is 21.4 Å².